The number of aliphatic hydroxyl groups excluding tert-OH is 1. The third-order valence-electron chi connectivity index (χ3n) is 2.81. The van der Waals surface area contributed by atoms with E-state index in [0.717, 1.165) is 6.42 Å². The van der Waals surface area contributed by atoms with Gasteiger partial charge in [-0.15, -0.1) is 0 Å². The van der Waals surface area contributed by atoms with Crippen molar-refractivity contribution in [2.45, 2.75) is 38.3 Å². The minimum Gasteiger partial charge on any atom is -0.394 e. The van der Waals surface area contributed by atoms with Gasteiger partial charge in [0.05, 0.1) is 24.8 Å². The van der Waals surface area contributed by atoms with Gasteiger partial charge in [0, 0.05) is 6.61 Å². The average Bonchev–Trinajstić information content (AvgIpc) is 2.70. The first-order valence-electron chi connectivity index (χ1n) is 5.37. The summed E-state index contributed by atoms with van der Waals surface area (Å²) in [6, 6.07) is -0.131. The van der Waals surface area contributed by atoms with Gasteiger partial charge in [0.25, 0.3) is 0 Å². The number of hydrogen-bond donors (Lipinski definition) is 3. The van der Waals surface area contributed by atoms with E-state index in [4.69, 9.17) is 9.84 Å². The summed E-state index contributed by atoms with van der Waals surface area (Å²) < 4.78 is 5.15. The number of hydrogen-bond acceptors (Lipinski definition) is 3. The summed E-state index contributed by atoms with van der Waals surface area (Å²) in [7, 11) is 0. The van der Waals surface area contributed by atoms with Crippen molar-refractivity contribution in [3.63, 3.8) is 0 Å². The van der Waals surface area contributed by atoms with E-state index in [0.29, 0.717) is 19.6 Å². The topological polar surface area (TPSA) is 70.6 Å². The molecule has 3 N–H and O–H groups in total. The summed E-state index contributed by atoms with van der Waals surface area (Å²) in [5, 5.41) is 14.7. The molecule has 1 saturated heterocycles. The monoisotopic (exact) mass is 216 g/mol. The number of ether oxygens (including phenoxy) is 1. The second-order valence-corrected chi connectivity index (χ2v) is 4.23. The molecule has 0 bridgehead atoms. The highest BCUT2D eigenvalue weighted by Crippen LogP contribution is 2.08. The molecule has 1 aliphatic rings. The molecule has 1 aliphatic heterocycles. The fourth-order valence-electron chi connectivity index (χ4n) is 1.38. The van der Waals surface area contributed by atoms with E-state index in [1.54, 1.807) is 0 Å². The summed E-state index contributed by atoms with van der Waals surface area (Å²) in [4.78, 5) is 11.5. The van der Waals surface area contributed by atoms with Gasteiger partial charge < -0.3 is 20.5 Å². The second kappa shape index (κ2) is 5.32. The molecule has 2 unspecified atom stereocenters. The third-order valence-corrected chi connectivity index (χ3v) is 2.81. The molecule has 1 fully saturated rings. The fraction of sp³-hybridized carbons (Fsp3) is 0.900. The zero-order valence-corrected chi connectivity index (χ0v) is 9.38. The molecule has 0 spiro atoms. The van der Waals surface area contributed by atoms with E-state index in [-0.39, 0.29) is 18.7 Å². The highest BCUT2D eigenvalue weighted by molar-refractivity contribution is 5.75. The number of nitrogens with one attached hydrogen (secondary N) is 2. The average molecular weight is 216 g/mol. The zero-order valence-electron chi connectivity index (χ0n) is 9.38. The highest BCUT2D eigenvalue weighted by Gasteiger charge is 2.25. The van der Waals surface area contributed by atoms with Crippen LogP contribution in [0.15, 0.2) is 0 Å². The summed E-state index contributed by atoms with van der Waals surface area (Å²) in [5.41, 5.74) is -0.538. The number of carbonyl (C=O) groups excluding carboxylic acids is 1. The van der Waals surface area contributed by atoms with E-state index in [1.165, 1.54) is 0 Å². The van der Waals surface area contributed by atoms with Crippen LogP contribution in [-0.4, -0.2) is 42.5 Å². The molecule has 0 aliphatic carbocycles. The first-order valence-corrected chi connectivity index (χ1v) is 5.37. The molecule has 0 radical (unpaired) electrons. The van der Waals surface area contributed by atoms with Crippen LogP contribution < -0.4 is 10.6 Å². The fourth-order valence-corrected chi connectivity index (χ4v) is 1.38. The Morgan fingerprint density at radius 1 is 1.67 bits per heavy atom. The van der Waals surface area contributed by atoms with Crippen molar-refractivity contribution in [3.05, 3.63) is 0 Å². The molecule has 1 heterocycles. The maximum Gasteiger partial charge on any atom is 0.315 e. The lowest BCUT2D eigenvalue weighted by molar-refractivity contribution is 0.163. The van der Waals surface area contributed by atoms with Crippen LogP contribution in [0.25, 0.3) is 0 Å². The van der Waals surface area contributed by atoms with Crippen LogP contribution in [0.5, 0.6) is 0 Å². The Bertz CT molecular complexity index is 211. The lowest BCUT2D eigenvalue weighted by Crippen LogP contribution is -2.54. The molecule has 2 atom stereocenters. The lowest BCUT2D eigenvalue weighted by atomic mass is 10.0. The molecular weight excluding hydrogens is 196 g/mol. The van der Waals surface area contributed by atoms with Crippen LogP contribution >= 0.6 is 0 Å². The largest absolute Gasteiger partial charge is 0.394 e. The normalized spacial score (nSPS) is 24.6. The van der Waals surface area contributed by atoms with E-state index >= 15 is 0 Å². The first-order chi connectivity index (χ1) is 7.09. The maximum absolute atomic E-state index is 11.5. The van der Waals surface area contributed by atoms with Gasteiger partial charge in [0.2, 0.25) is 0 Å². The predicted molar refractivity (Wildman–Crippen MR) is 56.7 cm³/mol. The Hall–Kier alpha value is -0.810. The Balaban J connectivity index is 2.33. The molecule has 0 aromatic rings. The molecule has 0 saturated carbocycles. The molecule has 0 aromatic carbocycles. The van der Waals surface area contributed by atoms with Crippen molar-refractivity contribution >= 4 is 6.03 Å². The van der Waals surface area contributed by atoms with Crippen LogP contribution in [0.2, 0.25) is 0 Å². The van der Waals surface area contributed by atoms with Gasteiger partial charge in [-0.05, 0) is 19.8 Å². The van der Waals surface area contributed by atoms with Crippen LogP contribution in [0.3, 0.4) is 0 Å². The van der Waals surface area contributed by atoms with Crippen LogP contribution in [0, 0.1) is 0 Å². The number of amides is 2. The summed E-state index contributed by atoms with van der Waals surface area (Å²) in [5.74, 6) is 0. The van der Waals surface area contributed by atoms with Crippen molar-refractivity contribution in [1.82, 2.24) is 10.6 Å². The Morgan fingerprint density at radius 2 is 2.40 bits per heavy atom. The van der Waals surface area contributed by atoms with Crippen molar-refractivity contribution in [3.8, 4) is 0 Å². The maximum atomic E-state index is 11.5. The van der Waals surface area contributed by atoms with Gasteiger partial charge in [-0.25, -0.2) is 4.79 Å². The van der Waals surface area contributed by atoms with Crippen LogP contribution in [-0.2, 0) is 4.74 Å². The van der Waals surface area contributed by atoms with E-state index in [2.05, 4.69) is 10.6 Å². The minimum absolute atomic E-state index is 0.0575. The van der Waals surface area contributed by atoms with Crippen molar-refractivity contribution in [2.75, 3.05) is 19.8 Å². The quantitative estimate of drug-likeness (QED) is 0.630. The van der Waals surface area contributed by atoms with Gasteiger partial charge in [-0.1, -0.05) is 6.92 Å². The predicted octanol–water partition coefficient (Wildman–Crippen LogP) is 0.235. The standard InChI is InChI=1S/C10H20N2O3/c1-3-10(2,7-13)12-9(14)11-8-4-5-15-6-8/h8,13H,3-7H2,1-2H3,(H2,11,12,14). The first kappa shape index (κ1) is 12.3. The van der Waals surface area contributed by atoms with E-state index < -0.39 is 5.54 Å². The molecule has 88 valence electrons. The summed E-state index contributed by atoms with van der Waals surface area (Å²) in [6.07, 6.45) is 1.55. The van der Waals surface area contributed by atoms with Crippen molar-refractivity contribution < 1.29 is 14.6 Å². The van der Waals surface area contributed by atoms with Gasteiger partial charge in [-0.2, -0.15) is 0 Å². The zero-order chi connectivity index (χ0) is 11.3. The van der Waals surface area contributed by atoms with Gasteiger partial charge in [0.1, 0.15) is 0 Å². The lowest BCUT2D eigenvalue weighted by Gasteiger charge is -2.27. The van der Waals surface area contributed by atoms with E-state index in [1.807, 2.05) is 13.8 Å². The molecule has 0 aromatic heterocycles. The van der Waals surface area contributed by atoms with Gasteiger partial charge in [-0.3, -0.25) is 0 Å². The third kappa shape index (κ3) is 3.68. The van der Waals surface area contributed by atoms with Crippen molar-refractivity contribution in [2.24, 2.45) is 0 Å². The molecule has 1 rings (SSSR count). The summed E-state index contributed by atoms with van der Waals surface area (Å²) >= 11 is 0. The Labute approximate surface area is 90.2 Å². The van der Waals surface area contributed by atoms with Crippen molar-refractivity contribution in [1.29, 1.82) is 0 Å². The van der Waals surface area contributed by atoms with Crippen LogP contribution in [0.1, 0.15) is 26.7 Å². The number of rotatable bonds is 4. The molecule has 2 amide bonds. The second-order valence-electron chi connectivity index (χ2n) is 4.23. The van der Waals surface area contributed by atoms with Crippen LogP contribution in [0.4, 0.5) is 4.79 Å². The Kier molecular flexibility index (Phi) is 4.35. The van der Waals surface area contributed by atoms with Gasteiger partial charge in [0.15, 0.2) is 0 Å². The molecule has 15 heavy (non-hydrogen) atoms. The molecular formula is C10H20N2O3. The van der Waals surface area contributed by atoms with Gasteiger partial charge >= 0.3 is 6.03 Å². The highest BCUT2D eigenvalue weighted by atomic mass is 16.5. The minimum atomic E-state index is -0.538. The Morgan fingerprint density at radius 3 is 2.87 bits per heavy atom. The number of urea groups is 1. The molecule has 5 heteroatoms. The smallest absolute Gasteiger partial charge is 0.315 e. The summed E-state index contributed by atoms with van der Waals surface area (Å²) in [6.45, 7) is 4.97. The SMILES string of the molecule is CCC(C)(CO)NC(=O)NC1CCOC1. The van der Waals surface area contributed by atoms with E-state index in [9.17, 15) is 4.79 Å². The number of carbonyl (C=O) groups is 1. The number of aliphatic hydroxyl groups is 1. The molecule has 5 nitrogen and oxygen atoms in total.